The van der Waals surface area contributed by atoms with Crippen LogP contribution in [0.4, 0.5) is 4.39 Å². The minimum absolute atomic E-state index is 0.326. The van der Waals surface area contributed by atoms with Gasteiger partial charge in [0.15, 0.2) is 0 Å². The fourth-order valence-corrected chi connectivity index (χ4v) is 4.09. The van der Waals surface area contributed by atoms with Gasteiger partial charge in [0.2, 0.25) is 5.95 Å². The SMILES string of the molecule is N#Cc1cc(Cl)ccc1/C(=C(\c1[c]cccc1)c1ccc2[nH]nc(F)c2c1)C1CC1. The van der Waals surface area contributed by atoms with E-state index in [2.05, 4.69) is 22.3 Å². The summed E-state index contributed by atoms with van der Waals surface area (Å²) in [6.45, 7) is 0. The van der Waals surface area contributed by atoms with Crippen molar-refractivity contribution in [3.63, 3.8) is 0 Å². The Kier molecular flexibility index (Phi) is 4.61. The lowest BCUT2D eigenvalue weighted by Crippen LogP contribution is -2.00. The molecule has 0 unspecified atom stereocenters. The molecule has 1 aromatic heterocycles. The normalized spacial score (nSPS) is 14.4. The van der Waals surface area contributed by atoms with Gasteiger partial charge in [0, 0.05) is 5.02 Å². The molecule has 1 fully saturated rings. The topological polar surface area (TPSA) is 52.5 Å². The van der Waals surface area contributed by atoms with Crippen LogP contribution in [0.5, 0.6) is 0 Å². The van der Waals surface area contributed by atoms with Gasteiger partial charge in [0.1, 0.15) is 0 Å². The Morgan fingerprint density at radius 1 is 1.17 bits per heavy atom. The average Bonchev–Trinajstić information content (AvgIpc) is 3.55. The van der Waals surface area contributed by atoms with E-state index in [4.69, 9.17) is 11.6 Å². The largest absolute Gasteiger partial charge is 0.275 e. The minimum atomic E-state index is -0.527. The Bertz CT molecular complexity index is 1330. The summed E-state index contributed by atoms with van der Waals surface area (Å²) in [6.07, 6.45) is 2.09. The highest BCUT2D eigenvalue weighted by Crippen LogP contribution is 2.48. The van der Waals surface area contributed by atoms with Gasteiger partial charge in [-0.15, -0.1) is 5.10 Å². The first-order chi connectivity index (χ1) is 14.7. The van der Waals surface area contributed by atoms with Gasteiger partial charge >= 0.3 is 0 Å². The zero-order valence-corrected chi connectivity index (χ0v) is 16.7. The average molecular weight is 413 g/mol. The fourth-order valence-electron chi connectivity index (χ4n) is 3.92. The molecule has 3 nitrogen and oxygen atoms in total. The number of rotatable bonds is 4. The Morgan fingerprint density at radius 3 is 2.77 bits per heavy atom. The highest BCUT2D eigenvalue weighted by molar-refractivity contribution is 6.30. The van der Waals surface area contributed by atoms with Crippen molar-refractivity contribution in [2.24, 2.45) is 5.92 Å². The van der Waals surface area contributed by atoms with Crippen LogP contribution in [0.15, 0.2) is 60.7 Å². The number of hydrogen-bond acceptors (Lipinski definition) is 2. The molecule has 5 heteroatoms. The van der Waals surface area contributed by atoms with Crippen molar-refractivity contribution >= 4 is 33.7 Å². The molecular weight excluding hydrogens is 397 g/mol. The van der Waals surface area contributed by atoms with Crippen LogP contribution in [0, 0.1) is 29.3 Å². The number of aromatic amines is 1. The highest BCUT2D eigenvalue weighted by Gasteiger charge is 2.32. The van der Waals surface area contributed by atoms with E-state index in [1.807, 2.05) is 54.6 Å². The summed E-state index contributed by atoms with van der Waals surface area (Å²) < 4.78 is 14.2. The van der Waals surface area contributed by atoms with E-state index >= 15 is 0 Å². The van der Waals surface area contributed by atoms with Crippen molar-refractivity contribution < 1.29 is 4.39 Å². The fraction of sp³-hybridized carbons (Fsp3) is 0.120. The molecule has 0 saturated heterocycles. The summed E-state index contributed by atoms with van der Waals surface area (Å²) in [7, 11) is 0. The second-order valence-corrected chi connectivity index (χ2v) is 7.85. The van der Waals surface area contributed by atoms with Gasteiger partial charge in [-0.3, -0.25) is 5.10 Å². The van der Waals surface area contributed by atoms with Gasteiger partial charge in [-0.05, 0) is 76.9 Å². The lowest BCUT2D eigenvalue weighted by molar-refractivity contribution is 0.588. The van der Waals surface area contributed by atoms with Crippen molar-refractivity contribution in [1.29, 1.82) is 5.26 Å². The summed E-state index contributed by atoms with van der Waals surface area (Å²) in [6, 6.07) is 24.4. The van der Waals surface area contributed by atoms with Crippen LogP contribution < -0.4 is 0 Å². The van der Waals surface area contributed by atoms with Crippen molar-refractivity contribution in [3.8, 4) is 6.07 Å². The number of H-pyrrole nitrogens is 1. The number of nitriles is 1. The third-order valence-corrected chi connectivity index (χ3v) is 5.67. The van der Waals surface area contributed by atoms with Crippen LogP contribution in [-0.2, 0) is 0 Å². The molecule has 1 aliphatic rings. The van der Waals surface area contributed by atoms with Crippen LogP contribution in [0.2, 0.25) is 5.02 Å². The van der Waals surface area contributed by atoms with Gasteiger partial charge in [-0.1, -0.05) is 48.0 Å². The maximum absolute atomic E-state index is 14.2. The second kappa shape index (κ2) is 7.44. The van der Waals surface area contributed by atoms with Crippen LogP contribution in [0.25, 0.3) is 22.0 Å². The zero-order valence-electron chi connectivity index (χ0n) is 15.9. The van der Waals surface area contributed by atoms with E-state index in [9.17, 15) is 9.65 Å². The van der Waals surface area contributed by atoms with Crippen molar-refractivity contribution in [2.45, 2.75) is 12.8 Å². The molecule has 5 rings (SSSR count). The predicted octanol–water partition coefficient (Wildman–Crippen LogP) is 6.40. The van der Waals surface area contributed by atoms with Gasteiger partial charge in [-0.25, -0.2) is 0 Å². The van der Waals surface area contributed by atoms with E-state index in [1.165, 1.54) is 0 Å². The summed E-state index contributed by atoms with van der Waals surface area (Å²) in [5.41, 5.74) is 5.85. The number of aromatic nitrogens is 2. The molecule has 3 aromatic carbocycles. The van der Waals surface area contributed by atoms with Crippen LogP contribution in [0.1, 0.15) is 35.1 Å². The molecule has 145 valence electrons. The molecule has 1 aliphatic carbocycles. The molecule has 0 aliphatic heterocycles. The first kappa shape index (κ1) is 18.6. The number of fused-ring (bicyclic) bond motifs is 1. The molecule has 30 heavy (non-hydrogen) atoms. The van der Waals surface area contributed by atoms with E-state index in [1.54, 1.807) is 6.07 Å². The lowest BCUT2D eigenvalue weighted by atomic mass is 9.85. The van der Waals surface area contributed by atoms with Gasteiger partial charge < -0.3 is 0 Å². The summed E-state index contributed by atoms with van der Waals surface area (Å²) in [4.78, 5) is 0. The quantitative estimate of drug-likeness (QED) is 0.394. The Labute approximate surface area is 178 Å². The molecule has 0 spiro atoms. The minimum Gasteiger partial charge on any atom is -0.275 e. The molecule has 4 aromatic rings. The molecular formula is C25H16ClFN3. The number of allylic oxidation sites excluding steroid dienone is 1. The smallest absolute Gasteiger partial charge is 0.240 e. The maximum atomic E-state index is 14.2. The van der Waals surface area contributed by atoms with Gasteiger partial charge in [0.25, 0.3) is 0 Å². The molecule has 1 heterocycles. The number of halogens is 2. The Morgan fingerprint density at radius 2 is 2.03 bits per heavy atom. The number of nitrogens with zero attached hydrogens (tertiary/aromatic N) is 2. The van der Waals surface area contributed by atoms with E-state index in [0.717, 1.165) is 40.7 Å². The third-order valence-electron chi connectivity index (χ3n) is 5.43. The van der Waals surface area contributed by atoms with Crippen LogP contribution >= 0.6 is 11.6 Å². The van der Waals surface area contributed by atoms with Crippen LogP contribution in [0.3, 0.4) is 0 Å². The van der Waals surface area contributed by atoms with Crippen molar-refractivity contribution in [3.05, 3.63) is 100.0 Å². The zero-order chi connectivity index (χ0) is 20.7. The number of benzene rings is 3. The molecule has 1 saturated carbocycles. The third kappa shape index (κ3) is 3.28. The Hall–Kier alpha value is -3.42. The van der Waals surface area contributed by atoms with Crippen molar-refractivity contribution in [2.75, 3.05) is 0 Å². The Balaban J connectivity index is 1.85. The van der Waals surface area contributed by atoms with E-state index in [0.29, 0.717) is 27.4 Å². The first-order valence-electron chi connectivity index (χ1n) is 9.71. The van der Waals surface area contributed by atoms with E-state index < -0.39 is 5.95 Å². The second-order valence-electron chi connectivity index (χ2n) is 7.42. The molecule has 0 amide bonds. The number of hydrogen-bond donors (Lipinski definition) is 1. The highest BCUT2D eigenvalue weighted by atomic mass is 35.5. The number of nitrogens with one attached hydrogen (secondary N) is 1. The molecule has 1 radical (unpaired) electrons. The van der Waals surface area contributed by atoms with Gasteiger partial charge in [0.05, 0.1) is 22.5 Å². The molecule has 0 atom stereocenters. The standard InChI is InChI=1S/C25H16ClFN3/c26-19-9-10-20(18(12-19)14-28)24(16-6-7-16)23(15-4-2-1-3-5-15)17-8-11-22-21(13-17)25(27)30-29-22/h1-4,8-13,16H,6-7H2,(H,29,30)/b24-23+. The maximum Gasteiger partial charge on any atom is 0.240 e. The summed E-state index contributed by atoms with van der Waals surface area (Å²) >= 11 is 6.15. The van der Waals surface area contributed by atoms with Crippen LogP contribution in [-0.4, -0.2) is 10.2 Å². The predicted molar refractivity (Wildman–Crippen MR) is 116 cm³/mol. The summed E-state index contributed by atoms with van der Waals surface area (Å²) in [5.74, 6) is -0.202. The van der Waals surface area contributed by atoms with Crippen molar-refractivity contribution in [1.82, 2.24) is 10.2 Å². The lowest BCUT2D eigenvalue weighted by Gasteiger charge is -2.18. The van der Waals surface area contributed by atoms with E-state index in [-0.39, 0.29) is 0 Å². The summed E-state index contributed by atoms with van der Waals surface area (Å²) in [5, 5.41) is 17.1. The van der Waals surface area contributed by atoms with Gasteiger partial charge in [-0.2, -0.15) is 9.65 Å². The molecule has 1 N–H and O–H groups in total. The molecule has 0 bridgehead atoms. The first-order valence-corrected chi connectivity index (χ1v) is 10.1. The monoisotopic (exact) mass is 412 g/mol.